The number of methoxy groups -OCH3 is 1. The number of rotatable bonds is 1. The van der Waals surface area contributed by atoms with Gasteiger partial charge in [-0.3, -0.25) is 0 Å². The van der Waals surface area contributed by atoms with Crippen molar-refractivity contribution in [3.8, 4) is 0 Å². The standard InChI is InChI=1S/C21H32O7/c1-9-10-5-6-11-19-12(22)7-8-18(2,3)13(19)16(25)21(26,28-17(19)27-4)20(11,14(9)23)15(10)24/h10-17,22-26H,1,5-8H2,2-4H3/t10-,11-,12-,13+,14+,15+,16-,17+,19-,20-,21+/m1/s1. The molecular formula is C21H32O7. The molecule has 4 bridgehead atoms. The van der Waals surface area contributed by atoms with Gasteiger partial charge in [0.05, 0.1) is 29.1 Å². The van der Waals surface area contributed by atoms with E-state index in [1.54, 1.807) is 0 Å². The van der Waals surface area contributed by atoms with Crippen LogP contribution in [-0.4, -0.2) is 69.1 Å². The van der Waals surface area contributed by atoms with Crippen LogP contribution < -0.4 is 0 Å². The minimum atomic E-state index is -2.20. The van der Waals surface area contributed by atoms with E-state index in [2.05, 4.69) is 6.58 Å². The van der Waals surface area contributed by atoms with Crippen molar-refractivity contribution in [2.45, 2.75) is 76.0 Å². The van der Waals surface area contributed by atoms with Crippen molar-refractivity contribution in [3.63, 3.8) is 0 Å². The summed E-state index contributed by atoms with van der Waals surface area (Å²) in [4.78, 5) is 0. The number of fused-ring (bicyclic) bond motifs is 2. The molecule has 11 atom stereocenters. The van der Waals surface area contributed by atoms with E-state index < -0.39 is 64.6 Å². The van der Waals surface area contributed by atoms with Gasteiger partial charge < -0.3 is 35.0 Å². The van der Waals surface area contributed by atoms with Crippen molar-refractivity contribution in [1.29, 1.82) is 0 Å². The van der Waals surface area contributed by atoms with Crippen LogP contribution in [0.3, 0.4) is 0 Å². The maximum Gasteiger partial charge on any atom is 0.206 e. The molecule has 0 unspecified atom stereocenters. The monoisotopic (exact) mass is 396 g/mol. The highest BCUT2D eigenvalue weighted by atomic mass is 16.8. The first-order chi connectivity index (χ1) is 13.0. The Bertz CT molecular complexity index is 724. The van der Waals surface area contributed by atoms with Crippen LogP contribution in [0.5, 0.6) is 0 Å². The molecule has 0 radical (unpaired) electrons. The summed E-state index contributed by atoms with van der Waals surface area (Å²) in [7, 11) is 1.47. The summed E-state index contributed by atoms with van der Waals surface area (Å²) in [6.45, 7) is 8.05. The third-order valence-electron chi connectivity index (χ3n) is 9.36. The predicted octanol–water partition coefficient (Wildman–Crippen LogP) is 0.140. The number of hydrogen-bond donors (Lipinski definition) is 5. The van der Waals surface area contributed by atoms with Gasteiger partial charge in [-0.05, 0) is 42.6 Å². The summed E-state index contributed by atoms with van der Waals surface area (Å²) in [6.07, 6.45) is -3.14. The summed E-state index contributed by atoms with van der Waals surface area (Å²) < 4.78 is 11.7. The fourth-order valence-corrected chi connectivity index (χ4v) is 8.44. The van der Waals surface area contributed by atoms with Crippen molar-refractivity contribution < 1.29 is 35.0 Å². The molecule has 0 aromatic rings. The molecule has 6 aliphatic rings. The lowest BCUT2D eigenvalue weighted by atomic mass is 9.35. The fourth-order valence-electron chi connectivity index (χ4n) is 8.44. The summed E-state index contributed by atoms with van der Waals surface area (Å²) in [6, 6.07) is 0. The van der Waals surface area contributed by atoms with Crippen LogP contribution in [-0.2, 0) is 9.47 Å². The molecule has 2 heterocycles. The summed E-state index contributed by atoms with van der Waals surface area (Å²) in [5.74, 6) is -3.55. The maximum absolute atomic E-state index is 11.9. The Kier molecular flexibility index (Phi) is 3.73. The summed E-state index contributed by atoms with van der Waals surface area (Å²) in [5.41, 5.74) is -2.50. The van der Waals surface area contributed by atoms with Crippen LogP contribution >= 0.6 is 0 Å². The van der Waals surface area contributed by atoms with Crippen LogP contribution in [0.25, 0.3) is 0 Å². The van der Waals surface area contributed by atoms with Gasteiger partial charge in [0.1, 0.15) is 6.10 Å². The largest absolute Gasteiger partial charge is 0.392 e. The highest BCUT2D eigenvalue weighted by Crippen LogP contribution is 2.78. The van der Waals surface area contributed by atoms with Crippen molar-refractivity contribution in [2.24, 2.45) is 34.0 Å². The van der Waals surface area contributed by atoms with E-state index in [1.807, 2.05) is 13.8 Å². The molecule has 0 aromatic carbocycles. The Hall–Kier alpha value is -0.540. The van der Waals surface area contributed by atoms with E-state index >= 15 is 0 Å². The zero-order valence-corrected chi connectivity index (χ0v) is 16.7. The molecule has 2 saturated heterocycles. The summed E-state index contributed by atoms with van der Waals surface area (Å²) in [5, 5.41) is 57.3. The molecule has 158 valence electrons. The van der Waals surface area contributed by atoms with Crippen LogP contribution in [0, 0.1) is 34.0 Å². The van der Waals surface area contributed by atoms with Gasteiger partial charge in [0, 0.05) is 18.9 Å². The third kappa shape index (κ3) is 1.64. The van der Waals surface area contributed by atoms with Gasteiger partial charge >= 0.3 is 0 Å². The molecule has 0 aromatic heterocycles. The van der Waals surface area contributed by atoms with E-state index in [1.165, 1.54) is 7.11 Å². The van der Waals surface area contributed by atoms with Gasteiger partial charge in [-0.2, -0.15) is 0 Å². The zero-order valence-electron chi connectivity index (χ0n) is 16.7. The molecule has 0 amide bonds. The first kappa shape index (κ1) is 19.4. The van der Waals surface area contributed by atoms with Crippen LogP contribution in [0.4, 0.5) is 0 Å². The number of ether oxygens (including phenoxy) is 2. The molecule has 2 spiro atoms. The van der Waals surface area contributed by atoms with E-state index in [0.717, 1.165) is 0 Å². The molecule has 4 aliphatic carbocycles. The zero-order chi connectivity index (χ0) is 20.4. The highest BCUT2D eigenvalue weighted by molar-refractivity contribution is 5.38. The Balaban J connectivity index is 1.83. The van der Waals surface area contributed by atoms with Crippen LogP contribution in [0.2, 0.25) is 0 Å². The van der Waals surface area contributed by atoms with Gasteiger partial charge in [-0.1, -0.05) is 20.4 Å². The number of aliphatic hydroxyl groups excluding tert-OH is 4. The minimum absolute atomic E-state index is 0.366. The van der Waals surface area contributed by atoms with Gasteiger partial charge in [0.15, 0.2) is 6.29 Å². The van der Waals surface area contributed by atoms with Gasteiger partial charge in [-0.15, -0.1) is 0 Å². The first-order valence-corrected chi connectivity index (χ1v) is 10.4. The van der Waals surface area contributed by atoms with Crippen molar-refractivity contribution >= 4 is 0 Å². The highest BCUT2D eigenvalue weighted by Gasteiger charge is 2.88. The number of aliphatic hydroxyl groups is 5. The van der Waals surface area contributed by atoms with Crippen molar-refractivity contribution in [3.05, 3.63) is 12.2 Å². The maximum atomic E-state index is 11.9. The van der Waals surface area contributed by atoms with E-state index in [0.29, 0.717) is 31.3 Å². The Morgan fingerprint density at radius 2 is 1.75 bits per heavy atom. The second-order valence-corrected chi connectivity index (χ2v) is 10.4. The molecular weight excluding hydrogens is 364 g/mol. The SMILES string of the molecule is C=C1[C@H]2CC[C@@H]3[C@]45[C@@H](OC)O[C@@](O)([C@H](O)[C@H]4C(C)(C)CC[C@H]5O)[C@]3([C@H]1O)[C@H]2O. The lowest BCUT2D eigenvalue weighted by molar-refractivity contribution is -0.524. The lowest BCUT2D eigenvalue weighted by Crippen LogP contribution is -2.88. The Morgan fingerprint density at radius 1 is 1.07 bits per heavy atom. The second kappa shape index (κ2) is 5.38. The quantitative estimate of drug-likeness (QED) is 0.400. The fraction of sp³-hybridized carbons (Fsp3) is 0.905. The normalized spacial score (nSPS) is 61.8. The molecule has 4 saturated carbocycles. The van der Waals surface area contributed by atoms with Crippen molar-refractivity contribution in [1.82, 2.24) is 0 Å². The molecule has 7 heteroatoms. The van der Waals surface area contributed by atoms with Gasteiger partial charge in [0.25, 0.3) is 0 Å². The first-order valence-electron chi connectivity index (χ1n) is 10.4. The number of hydrogen-bond acceptors (Lipinski definition) is 7. The molecule has 5 N–H and O–H groups in total. The Morgan fingerprint density at radius 3 is 2.39 bits per heavy atom. The average Bonchev–Trinajstić information content (AvgIpc) is 2.75. The smallest absolute Gasteiger partial charge is 0.206 e. The van der Waals surface area contributed by atoms with Gasteiger partial charge in [0.2, 0.25) is 5.79 Å². The molecule has 6 rings (SSSR count). The minimum Gasteiger partial charge on any atom is -0.392 e. The molecule has 2 aliphatic heterocycles. The lowest BCUT2D eigenvalue weighted by Gasteiger charge is -2.77. The van der Waals surface area contributed by atoms with E-state index in [4.69, 9.17) is 9.47 Å². The topological polar surface area (TPSA) is 120 Å². The van der Waals surface area contributed by atoms with Crippen LogP contribution in [0.1, 0.15) is 39.5 Å². The molecule has 7 nitrogen and oxygen atoms in total. The third-order valence-corrected chi connectivity index (χ3v) is 9.36. The average molecular weight is 396 g/mol. The predicted molar refractivity (Wildman–Crippen MR) is 97.6 cm³/mol. The summed E-state index contributed by atoms with van der Waals surface area (Å²) >= 11 is 0. The van der Waals surface area contributed by atoms with E-state index in [-0.39, 0.29) is 5.92 Å². The second-order valence-electron chi connectivity index (χ2n) is 10.4. The van der Waals surface area contributed by atoms with Crippen molar-refractivity contribution in [2.75, 3.05) is 7.11 Å². The van der Waals surface area contributed by atoms with Crippen LogP contribution in [0.15, 0.2) is 12.2 Å². The van der Waals surface area contributed by atoms with Gasteiger partial charge in [-0.25, -0.2) is 0 Å². The van der Waals surface area contributed by atoms with E-state index in [9.17, 15) is 25.5 Å². The Labute approximate surface area is 165 Å². The molecule has 28 heavy (non-hydrogen) atoms. The molecule has 6 fully saturated rings.